The summed E-state index contributed by atoms with van der Waals surface area (Å²) >= 11 is 0. The molecule has 1 amide bonds. The van der Waals surface area contributed by atoms with Gasteiger partial charge >= 0.3 is 0 Å². The first kappa shape index (κ1) is 19.7. The molecule has 2 bridgehead atoms. The Morgan fingerprint density at radius 2 is 1.90 bits per heavy atom. The number of nitrogens with zero attached hydrogens (tertiary/aromatic N) is 2. The number of methoxy groups -OCH3 is 1. The number of nitrogens with two attached hydrogens (primary N) is 1. The average molecular weight is 417 g/mol. The number of aromatic nitrogens is 1. The number of primary amides is 1. The van der Waals surface area contributed by atoms with Gasteiger partial charge in [0.1, 0.15) is 11.9 Å². The first-order chi connectivity index (χ1) is 13.9. The number of sulfonamides is 1. The second kappa shape index (κ2) is 7.64. The van der Waals surface area contributed by atoms with E-state index in [0.29, 0.717) is 18.7 Å². The molecule has 2 aliphatic heterocycles. The minimum absolute atomic E-state index is 0.0492. The first-order valence-electron chi connectivity index (χ1n) is 9.49. The van der Waals surface area contributed by atoms with Crippen LogP contribution in [0.2, 0.25) is 0 Å². The van der Waals surface area contributed by atoms with Crippen LogP contribution >= 0.6 is 0 Å². The smallest absolute Gasteiger partial charge is 0.252 e. The van der Waals surface area contributed by atoms with Gasteiger partial charge in [-0.25, -0.2) is 13.4 Å². The van der Waals surface area contributed by atoms with E-state index in [4.69, 9.17) is 15.2 Å². The van der Waals surface area contributed by atoms with Crippen LogP contribution in [-0.2, 0) is 10.0 Å². The topological polar surface area (TPSA) is 112 Å². The molecule has 154 valence electrons. The number of piperidine rings is 1. The summed E-state index contributed by atoms with van der Waals surface area (Å²) in [6.45, 7) is 0. The van der Waals surface area contributed by atoms with Gasteiger partial charge in [-0.2, -0.15) is 4.31 Å². The lowest BCUT2D eigenvalue weighted by Gasteiger charge is -2.37. The summed E-state index contributed by atoms with van der Waals surface area (Å²) in [6.07, 6.45) is 4.36. The van der Waals surface area contributed by atoms with E-state index >= 15 is 0 Å². The number of fused-ring (bicyclic) bond motifs is 2. The Balaban J connectivity index is 1.58. The van der Waals surface area contributed by atoms with Gasteiger partial charge in [0.2, 0.25) is 15.9 Å². The van der Waals surface area contributed by atoms with Crippen molar-refractivity contribution in [3.63, 3.8) is 0 Å². The van der Waals surface area contributed by atoms with Gasteiger partial charge < -0.3 is 15.2 Å². The van der Waals surface area contributed by atoms with Crippen molar-refractivity contribution < 1.29 is 22.7 Å². The van der Waals surface area contributed by atoms with Gasteiger partial charge in [-0.15, -0.1) is 0 Å². The van der Waals surface area contributed by atoms with Gasteiger partial charge in [0.25, 0.3) is 5.91 Å². The van der Waals surface area contributed by atoms with Crippen LogP contribution in [0.5, 0.6) is 11.6 Å². The molecule has 8 nitrogen and oxygen atoms in total. The number of pyridine rings is 1. The van der Waals surface area contributed by atoms with E-state index in [1.54, 1.807) is 16.6 Å². The molecule has 0 saturated carbocycles. The van der Waals surface area contributed by atoms with E-state index < -0.39 is 15.9 Å². The SMILES string of the molecule is COc1ccc(S(=O)(=O)N2C3CCC2CC(Oc2ccccn2)C3)cc1C(N)=O. The molecule has 0 radical (unpaired) electrons. The third-order valence-electron chi connectivity index (χ3n) is 5.56. The molecule has 2 aliphatic rings. The fraction of sp³-hybridized carbons (Fsp3) is 0.400. The van der Waals surface area contributed by atoms with E-state index in [9.17, 15) is 13.2 Å². The summed E-state index contributed by atoms with van der Waals surface area (Å²) in [5, 5.41) is 0. The average Bonchev–Trinajstić information content (AvgIpc) is 3.00. The lowest BCUT2D eigenvalue weighted by molar-refractivity contribution is 0.0918. The summed E-state index contributed by atoms with van der Waals surface area (Å²) in [6, 6.07) is 9.40. The lowest BCUT2D eigenvalue weighted by atomic mass is 10.0. The maximum atomic E-state index is 13.4. The zero-order chi connectivity index (χ0) is 20.6. The highest BCUT2D eigenvalue weighted by Crippen LogP contribution is 2.41. The second-order valence-corrected chi connectivity index (χ2v) is 9.17. The second-order valence-electron chi connectivity index (χ2n) is 7.33. The van der Waals surface area contributed by atoms with Crippen LogP contribution in [0, 0.1) is 0 Å². The minimum atomic E-state index is -3.78. The normalized spacial score (nSPS) is 24.2. The van der Waals surface area contributed by atoms with Crippen molar-refractivity contribution in [2.75, 3.05) is 7.11 Å². The van der Waals surface area contributed by atoms with Crippen molar-refractivity contribution >= 4 is 15.9 Å². The molecule has 1 aromatic heterocycles. The molecular weight excluding hydrogens is 394 g/mol. The van der Waals surface area contributed by atoms with E-state index in [0.717, 1.165) is 12.8 Å². The van der Waals surface area contributed by atoms with Crippen molar-refractivity contribution in [1.82, 2.24) is 9.29 Å². The number of benzene rings is 1. The molecule has 2 N–H and O–H groups in total. The van der Waals surface area contributed by atoms with Crippen LogP contribution < -0.4 is 15.2 Å². The predicted molar refractivity (Wildman–Crippen MR) is 105 cm³/mol. The van der Waals surface area contributed by atoms with Crippen molar-refractivity contribution in [2.45, 2.75) is 48.8 Å². The number of hydrogen-bond donors (Lipinski definition) is 1. The summed E-state index contributed by atoms with van der Waals surface area (Å²) in [5.74, 6) is 0.0701. The molecule has 3 heterocycles. The van der Waals surface area contributed by atoms with Crippen LogP contribution in [0.15, 0.2) is 47.5 Å². The Hall–Kier alpha value is -2.65. The molecule has 4 rings (SSSR count). The monoisotopic (exact) mass is 417 g/mol. The summed E-state index contributed by atoms with van der Waals surface area (Å²) in [4.78, 5) is 15.9. The molecule has 29 heavy (non-hydrogen) atoms. The van der Waals surface area contributed by atoms with Crippen LogP contribution in [0.25, 0.3) is 0 Å². The van der Waals surface area contributed by atoms with Gasteiger partial charge in [0.15, 0.2) is 0 Å². The Morgan fingerprint density at radius 3 is 2.48 bits per heavy atom. The van der Waals surface area contributed by atoms with Crippen LogP contribution in [0.3, 0.4) is 0 Å². The van der Waals surface area contributed by atoms with E-state index in [2.05, 4.69) is 4.98 Å². The molecule has 2 atom stereocenters. The van der Waals surface area contributed by atoms with E-state index in [1.165, 1.54) is 25.3 Å². The predicted octanol–water partition coefficient (Wildman–Crippen LogP) is 1.95. The third kappa shape index (κ3) is 3.67. The molecule has 1 aromatic carbocycles. The zero-order valence-corrected chi connectivity index (χ0v) is 16.8. The standard InChI is InChI=1S/C20H23N3O5S/c1-27-18-8-7-16(12-17(18)20(21)24)29(25,26)23-13-5-6-14(23)11-15(10-13)28-19-4-2-3-9-22-19/h2-4,7-9,12-15H,5-6,10-11H2,1H3,(H2,21,24). The first-order valence-corrected chi connectivity index (χ1v) is 10.9. The van der Waals surface area contributed by atoms with Crippen LogP contribution in [0.4, 0.5) is 0 Å². The molecule has 2 fully saturated rings. The molecular formula is C20H23N3O5S. The molecule has 0 spiro atoms. The van der Waals surface area contributed by atoms with Crippen molar-refractivity contribution in [3.8, 4) is 11.6 Å². The summed E-state index contributed by atoms with van der Waals surface area (Å²) in [7, 11) is -2.37. The Labute approximate surface area is 169 Å². The largest absolute Gasteiger partial charge is 0.496 e. The quantitative estimate of drug-likeness (QED) is 0.769. The number of amides is 1. The molecule has 2 unspecified atom stereocenters. The maximum absolute atomic E-state index is 13.4. The fourth-order valence-corrected chi connectivity index (χ4v) is 6.24. The number of carbonyl (C=O) groups excluding carboxylic acids is 1. The number of ether oxygens (including phenoxy) is 2. The Morgan fingerprint density at radius 1 is 1.17 bits per heavy atom. The Kier molecular flexibility index (Phi) is 5.18. The highest BCUT2D eigenvalue weighted by atomic mass is 32.2. The van der Waals surface area contributed by atoms with Gasteiger partial charge in [-0.3, -0.25) is 4.79 Å². The molecule has 9 heteroatoms. The number of carbonyl (C=O) groups is 1. The van der Waals surface area contributed by atoms with Gasteiger partial charge in [0.05, 0.1) is 17.6 Å². The zero-order valence-electron chi connectivity index (χ0n) is 16.0. The Bertz CT molecular complexity index is 998. The fourth-order valence-electron chi connectivity index (χ4n) is 4.32. The lowest BCUT2D eigenvalue weighted by Crippen LogP contribution is -2.49. The summed E-state index contributed by atoms with van der Waals surface area (Å²) < 4.78 is 39.4. The highest BCUT2D eigenvalue weighted by Gasteiger charge is 2.48. The summed E-state index contributed by atoms with van der Waals surface area (Å²) in [5.41, 5.74) is 5.44. The van der Waals surface area contributed by atoms with Gasteiger partial charge in [-0.05, 0) is 37.1 Å². The van der Waals surface area contributed by atoms with Gasteiger partial charge in [-0.1, -0.05) is 6.07 Å². The van der Waals surface area contributed by atoms with Gasteiger partial charge in [0, 0.05) is 37.2 Å². The van der Waals surface area contributed by atoms with E-state index in [1.807, 2.05) is 12.1 Å². The number of hydrogen-bond acceptors (Lipinski definition) is 6. The van der Waals surface area contributed by atoms with Crippen LogP contribution in [-0.4, -0.2) is 48.9 Å². The molecule has 2 aromatic rings. The molecule has 0 aliphatic carbocycles. The van der Waals surface area contributed by atoms with E-state index in [-0.39, 0.29) is 34.4 Å². The third-order valence-corrected chi connectivity index (χ3v) is 7.56. The molecule has 2 saturated heterocycles. The minimum Gasteiger partial charge on any atom is -0.496 e. The maximum Gasteiger partial charge on any atom is 0.252 e. The van der Waals surface area contributed by atoms with Crippen molar-refractivity contribution in [1.29, 1.82) is 0 Å². The highest BCUT2D eigenvalue weighted by molar-refractivity contribution is 7.89. The van der Waals surface area contributed by atoms with Crippen molar-refractivity contribution in [3.05, 3.63) is 48.2 Å². The van der Waals surface area contributed by atoms with Crippen LogP contribution in [0.1, 0.15) is 36.0 Å². The number of rotatable bonds is 6. The van der Waals surface area contributed by atoms with Crippen molar-refractivity contribution in [2.24, 2.45) is 5.73 Å².